The number of imidazole rings is 1. The zero-order valence-corrected chi connectivity index (χ0v) is 18.0. The molecule has 4 aromatic rings. The van der Waals surface area contributed by atoms with E-state index in [1.807, 2.05) is 12.1 Å². The monoisotopic (exact) mass is 426 g/mol. The Kier molecular flexibility index (Phi) is 4.26. The van der Waals surface area contributed by atoms with Crippen LogP contribution >= 0.6 is 0 Å². The van der Waals surface area contributed by atoms with Crippen molar-refractivity contribution in [3.05, 3.63) is 78.1 Å². The molecule has 162 valence electrons. The second-order valence-corrected chi connectivity index (χ2v) is 8.70. The Morgan fingerprint density at radius 1 is 0.844 bits per heavy atom. The molecule has 2 aliphatic rings. The quantitative estimate of drug-likeness (QED) is 0.400. The van der Waals surface area contributed by atoms with Gasteiger partial charge in [-0.15, -0.1) is 0 Å². The number of anilines is 3. The molecule has 32 heavy (non-hydrogen) atoms. The van der Waals surface area contributed by atoms with Crippen LogP contribution in [0.5, 0.6) is 5.75 Å². The Morgan fingerprint density at radius 2 is 1.59 bits per heavy atom. The predicted octanol–water partition coefficient (Wildman–Crippen LogP) is 3.76. The second kappa shape index (κ2) is 7.17. The molecule has 1 saturated heterocycles. The number of piperazine rings is 1. The summed E-state index contributed by atoms with van der Waals surface area (Å²) in [7, 11) is 2.17. The molecule has 0 bridgehead atoms. The lowest BCUT2D eigenvalue weighted by molar-refractivity contribution is 0.313. The summed E-state index contributed by atoms with van der Waals surface area (Å²) in [5.74, 6) is 0.250. The number of aromatic nitrogens is 2. The fourth-order valence-electron chi connectivity index (χ4n) is 4.77. The topological polar surface area (TPSA) is 79.4 Å². The van der Waals surface area contributed by atoms with Gasteiger partial charge in [0.2, 0.25) is 0 Å². The molecular weight excluding hydrogens is 400 g/mol. The summed E-state index contributed by atoms with van der Waals surface area (Å²) in [5, 5.41) is 17.4. The number of hydrogen-bond acceptors (Lipinski definition) is 6. The SMILES string of the molecule is CN1CCN(c2ccc3c(c2)NC(c2ccc(O)cc2)(c2ccc4[nH]cnc4c2)N3)CC1. The van der Waals surface area contributed by atoms with Crippen molar-refractivity contribution in [2.75, 3.05) is 48.8 Å². The highest BCUT2D eigenvalue weighted by atomic mass is 16.3. The normalized spacial score (nSPS) is 20.7. The number of likely N-dealkylation sites (N-methyl/N-ethyl adjacent to an activating group) is 1. The van der Waals surface area contributed by atoms with Crippen LogP contribution in [0.3, 0.4) is 0 Å². The van der Waals surface area contributed by atoms with Crippen LogP contribution in [-0.4, -0.2) is 53.2 Å². The number of nitrogens with one attached hydrogen (secondary N) is 3. The summed E-state index contributed by atoms with van der Waals surface area (Å²) in [5.41, 5.74) is 6.68. The number of aromatic amines is 1. The third-order valence-electron chi connectivity index (χ3n) is 6.67. The molecule has 7 heteroatoms. The van der Waals surface area contributed by atoms with Gasteiger partial charge < -0.3 is 30.5 Å². The minimum absolute atomic E-state index is 0.250. The summed E-state index contributed by atoms with van der Waals surface area (Å²) in [4.78, 5) is 12.4. The molecule has 0 aliphatic carbocycles. The molecule has 1 unspecified atom stereocenters. The average Bonchev–Trinajstić information content (AvgIpc) is 3.44. The number of H-pyrrole nitrogens is 1. The van der Waals surface area contributed by atoms with Crippen molar-refractivity contribution >= 4 is 28.1 Å². The molecule has 6 rings (SSSR count). The van der Waals surface area contributed by atoms with E-state index < -0.39 is 5.66 Å². The Bertz CT molecular complexity index is 1280. The summed E-state index contributed by atoms with van der Waals surface area (Å²) >= 11 is 0. The van der Waals surface area contributed by atoms with Gasteiger partial charge in [-0.3, -0.25) is 0 Å². The van der Waals surface area contributed by atoms with Crippen LogP contribution in [-0.2, 0) is 5.66 Å². The van der Waals surface area contributed by atoms with Crippen molar-refractivity contribution in [1.29, 1.82) is 0 Å². The fourth-order valence-corrected chi connectivity index (χ4v) is 4.77. The van der Waals surface area contributed by atoms with Gasteiger partial charge in [0.25, 0.3) is 0 Å². The average molecular weight is 427 g/mol. The zero-order valence-electron chi connectivity index (χ0n) is 18.0. The molecule has 0 saturated carbocycles. The van der Waals surface area contributed by atoms with Crippen LogP contribution in [0.4, 0.5) is 17.1 Å². The molecule has 1 atom stereocenters. The van der Waals surface area contributed by atoms with E-state index in [4.69, 9.17) is 0 Å². The van der Waals surface area contributed by atoms with Crippen LogP contribution in [0.15, 0.2) is 67.0 Å². The minimum Gasteiger partial charge on any atom is -0.508 e. The van der Waals surface area contributed by atoms with Crippen molar-refractivity contribution in [2.45, 2.75) is 5.66 Å². The smallest absolute Gasteiger partial charge is 0.161 e. The highest BCUT2D eigenvalue weighted by molar-refractivity contribution is 5.84. The molecule has 0 amide bonds. The lowest BCUT2D eigenvalue weighted by atomic mass is 9.91. The van der Waals surface area contributed by atoms with Gasteiger partial charge in [-0.1, -0.05) is 18.2 Å². The third kappa shape index (κ3) is 3.05. The lowest BCUT2D eigenvalue weighted by Gasteiger charge is -2.34. The maximum absolute atomic E-state index is 9.88. The number of phenolic OH excluding ortho intramolecular Hbond substituents is 1. The van der Waals surface area contributed by atoms with Crippen molar-refractivity contribution in [2.24, 2.45) is 0 Å². The van der Waals surface area contributed by atoms with Gasteiger partial charge >= 0.3 is 0 Å². The van der Waals surface area contributed by atoms with Gasteiger partial charge in [0.15, 0.2) is 5.66 Å². The van der Waals surface area contributed by atoms with Crippen LogP contribution in [0.2, 0.25) is 0 Å². The summed E-state index contributed by atoms with van der Waals surface area (Å²) in [6.45, 7) is 4.21. The molecule has 7 nitrogen and oxygen atoms in total. The van der Waals surface area contributed by atoms with E-state index in [0.29, 0.717) is 0 Å². The Hall–Kier alpha value is -3.71. The summed E-state index contributed by atoms with van der Waals surface area (Å²) < 4.78 is 0. The number of rotatable bonds is 3. The van der Waals surface area contributed by atoms with E-state index in [9.17, 15) is 5.11 Å². The first-order valence-electron chi connectivity index (χ1n) is 11.0. The highest BCUT2D eigenvalue weighted by Gasteiger charge is 2.40. The highest BCUT2D eigenvalue weighted by Crippen LogP contribution is 2.45. The van der Waals surface area contributed by atoms with Crippen molar-refractivity contribution in [3.63, 3.8) is 0 Å². The minimum atomic E-state index is -0.663. The van der Waals surface area contributed by atoms with Gasteiger partial charge in [0.1, 0.15) is 5.75 Å². The lowest BCUT2D eigenvalue weighted by Crippen LogP contribution is -2.44. The molecule has 4 N–H and O–H groups in total. The van der Waals surface area contributed by atoms with Crippen molar-refractivity contribution in [3.8, 4) is 5.75 Å². The van der Waals surface area contributed by atoms with Gasteiger partial charge in [0.05, 0.1) is 28.7 Å². The number of phenols is 1. The zero-order chi connectivity index (χ0) is 21.7. The number of fused-ring (bicyclic) bond motifs is 2. The molecule has 0 spiro atoms. The van der Waals surface area contributed by atoms with Crippen LogP contribution in [0.1, 0.15) is 11.1 Å². The molecule has 3 aromatic carbocycles. The maximum atomic E-state index is 9.88. The molecular formula is C25H26N6O. The van der Waals surface area contributed by atoms with Crippen molar-refractivity contribution in [1.82, 2.24) is 14.9 Å². The van der Waals surface area contributed by atoms with Gasteiger partial charge in [-0.2, -0.15) is 0 Å². The molecule has 2 aliphatic heterocycles. The summed E-state index contributed by atoms with van der Waals surface area (Å²) in [6, 6.07) is 20.2. The largest absolute Gasteiger partial charge is 0.508 e. The van der Waals surface area contributed by atoms with E-state index in [-0.39, 0.29) is 5.75 Å². The number of aromatic hydroxyl groups is 1. The number of benzene rings is 3. The predicted molar refractivity (Wildman–Crippen MR) is 128 cm³/mol. The Balaban J connectivity index is 1.42. The summed E-state index contributed by atoms with van der Waals surface area (Å²) in [6.07, 6.45) is 1.72. The molecule has 1 fully saturated rings. The van der Waals surface area contributed by atoms with Crippen LogP contribution < -0.4 is 15.5 Å². The van der Waals surface area contributed by atoms with Gasteiger partial charge in [-0.25, -0.2) is 4.98 Å². The van der Waals surface area contributed by atoms with Crippen LogP contribution in [0, 0.1) is 0 Å². The van der Waals surface area contributed by atoms with Crippen molar-refractivity contribution < 1.29 is 5.11 Å². The van der Waals surface area contributed by atoms with E-state index in [1.165, 1.54) is 5.69 Å². The van der Waals surface area contributed by atoms with E-state index in [2.05, 4.69) is 73.8 Å². The van der Waals surface area contributed by atoms with Gasteiger partial charge in [-0.05, 0) is 49.5 Å². The van der Waals surface area contributed by atoms with Crippen LogP contribution in [0.25, 0.3) is 11.0 Å². The standard InChI is InChI=1S/C25H26N6O/c1-30-10-12-31(13-11-30)19-5-9-22-24(15-19)29-25(28-22,17-2-6-20(32)7-3-17)18-4-8-21-23(14-18)27-16-26-21/h2-9,14-16,28-29,32H,10-13H2,1H3,(H,26,27). The van der Waals surface area contributed by atoms with E-state index >= 15 is 0 Å². The third-order valence-corrected chi connectivity index (χ3v) is 6.67. The Morgan fingerprint density at radius 3 is 2.41 bits per heavy atom. The maximum Gasteiger partial charge on any atom is 0.161 e. The molecule has 3 heterocycles. The first kappa shape index (κ1) is 19.0. The number of hydrogen-bond donors (Lipinski definition) is 4. The molecule has 0 radical (unpaired) electrons. The van der Waals surface area contributed by atoms with Gasteiger partial charge in [0, 0.05) is 43.0 Å². The molecule has 1 aromatic heterocycles. The van der Waals surface area contributed by atoms with E-state index in [1.54, 1.807) is 18.5 Å². The Labute approximate surface area is 186 Å². The fraction of sp³-hybridized carbons (Fsp3) is 0.240. The first-order valence-corrected chi connectivity index (χ1v) is 11.0. The van der Waals surface area contributed by atoms with E-state index in [0.717, 1.165) is 59.7 Å². The second-order valence-electron chi connectivity index (χ2n) is 8.70. The number of nitrogens with zero attached hydrogens (tertiary/aromatic N) is 3. The first-order chi connectivity index (χ1) is 15.6.